The molecule has 8 heteroatoms. The van der Waals surface area contributed by atoms with E-state index in [2.05, 4.69) is 15.6 Å². The Kier molecular flexibility index (Phi) is 5.55. The fourth-order valence-electron chi connectivity index (χ4n) is 2.97. The molecule has 27 heavy (non-hydrogen) atoms. The number of benzene rings is 1. The number of carbonyl (C=O) groups is 2. The van der Waals surface area contributed by atoms with Crippen LogP contribution in [0, 0.1) is 6.92 Å². The summed E-state index contributed by atoms with van der Waals surface area (Å²) >= 11 is 0. The molecule has 0 bridgehead atoms. The number of carbonyl (C=O) groups excluding carboxylic acids is 2. The summed E-state index contributed by atoms with van der Waals surface area (Å²) in [4.78, 5) is 28.6. The highest BCUT2D eigenvalue weighted by atomic mass is 32.2. The molecule has 1 saturated heterocycles. The molecule has 1 aromatic carbocycles. The van der Waals surface area contributed by atoms with Crippen molar-refractivity contribution in [1.29, 1.82) is 0 Å². The van der Waals surface area contributed by atoms with Gasteiger partial charge in [-0.05, 0) is 25.0 Å². The second-order valence-corrected chi connectivity index (χ2v) is 8.94. The van der Waals surface area contributed by atoms with Gasteiger partial charge in [0.05, 0.1) is 22.6 Å². The van der Waals surface area contributed by atoms with Crippen molar-refractivity contribution in [3.8, 4) is 0 Å². The van der Waals surface area contributed by atoms with Crippen LogP contribution in [0.5, 0.6) is 0 Å². The third-order valence-corrected chi connectivity index (χ3v) is 6.13. The van der Waals surface area contributed by atoms with Crippen LogP contribution in [-0.4, -0.2) is 42.8 Å². The lowest BCUT2D eigenvalue weighted by Gasteiger charge is -2.11. The molecule has 0 saturated carbocycles. The van der Waals surface area contributed by atoms with E-state index in [0.717, 1.165) is 11.1 Å². The summed E-state index contributed by atoms with van der Waals surface area (Å²) in [6.45, 7) is 2.35. The van der Waals surface area contributed by atoms with E-state index < -0.39 is 21.8 Å². The predicted molar refractivity (Wildman–Crippen MR) is 101 cm³/mol. The summed E-state index contributed by atoms with van der Waals surface area (Å²) in [6.07, 6.45) is 3.15. The van der Waals surface area contributed by atoms with Gasteiger partial charge >= 0.3 is 0 Å². The summed E-state index contributed by atoms with van der Waals surface area (Å²) in [5.74, 6) is -0.736. The highest BCUT2D eigenvalue weighted by Gasteiger charge is 2.29. The maximum absolute atomic E-state index is 12.3. The Hall–Kier alpha value is -2.74. The molecule has 3 rings (SSSR count). The Bertz CT molecular complexity index is 972. The van der Waals surface area contributed by atoms with E-state index >= 15 is 0 Å². The molecule has 1 unspecified atom stereocenters. The van der Waals surface area contributed by atoms with E-state index in [0.29, 0.717) is 13.0 Å². The summed E-state index contributed by atoms with van der Waals surface area (Å²) in [5.41, 5.74) is 2.58. The van der Waals surface area contributed by atoms with Crippen molar-refractivity contribution in [3.63, 3.8) is 0 Å². The van der Waals surface area contributed by atoms with Crippen molar-refractivity contribution in [2.75, 3.05) is 11.5 Å². The molecule has 2 heterocycles. The summed E-state index contributed by atoms with van der Waals surface area (Å²) in [5, 5.41) is 5.49. The topological polar surface area (TPSA) is 105 Å². The van der Waals surface area contributed by atoms with Crippen LogP contribution < -0.4 is 10.6 Å². The van der Waals surface area contributed by atoms with Gasteiger partial charge < -0.3 is 10.6 Å². The van der Waals surface area contributed by atoms with E-state index in [9.17, 15) is 18.0 Å². The fourth-order valence-corrected chi connectivity index (χ4v) is 4.65. The first-order chi connectivity index (χ1) is 12.8. The number of nitrogens with zero attached hydrogens (tertiary/aromatic N) is 1. The molecule has 0 aliphatic carbocycles. The van der Waals surface area contributed by atoms with Gasteiger partial charge in [0.15, 0.2) is 9.84 Å². The third kappa shape index (κ3) is 5.13. The molecule has 1 fully saturated rings. The van der Waals surface area contributed by atoms with Crippen molar-refractivity contribution < 1.29 is 18.0 Å². The van der Waals surface area contributed by atoms with Gasteiger partial charge in [-0.1, -0.05) is 29.8 Å². The second kappa shape index (κ2) is 7.87. The first-order valence-electron chi connectivity index (χ1n) is 8.62. The van der Waals surface area contributed by atoms with Gasteiger partial charge in [0.25, 0.3) is 11.8 Å². The average Bonchev–Trinajstić information content (AvgIpc) is 2.98. The largest absolute Gasteiger partial charge is 0.348 e. The lowest BCUT2D eigenvalue weighted by atomic mass is 10.1. The molecule has 2 amide bonds. The van der Waals surface area contributed by atoms with Gasteiger partial charge in [0, 0.05) is 25.0 Å². The Morgan fingerprint density at radius 2 is 1.89 bits per heavy atom. The van der Waals surface area contributed by atoms with Crippen LogP contribution in [0.15, 0.2) is 42.7 Å². The number of pyridine rings is 1. The predicted octanol–water partition coefficient (Wildman–Crippen LogP) is 1.24. The van der Waals surface area contributed by atoms with Crippen molar-refractivity contribution in [1.82, 2.24) is 15.6 Å². The summed E-state index contributed by atoms with van der Waals surface area (Å²) < 4.78 is 23.0. The first kappa shape index (κ1) is 19.0. The van der Waals surface area contributed by atoms with Gasteiger partial charge in [0.1, 0.15) is 0 Å². The molecule has 2 aromatic rings. The van der Waals surface area contributed by atoms with Crippen molar-refractivity contribution in [2.24, 2.45) is 0 Å². The highest BCUT2D eigenvalue weighted by Crippen LogP contribution is 2.12. The van der Waals surface area contributed by atoms with Crippen LogP contribution >= 0.6 is 0 Å². The minimum Gasteiger partial charge on any atom is -0.348 e. The van der Waals surface area contributed by atoms with E-state index in [1.807, 2.05) is 31.2 Å². The molecule has 142 valence electrons. The minimum absolute atomic E-state index is 0.0527. The van der Waals surface area contributed by atoms with Gasteiger partial charge in [-0.2, -0.15) is 0 Å². The normalized spacial score (nSPS) is 18.0. The summed E-state index contributed by atoms with van der Waals surface area (Å²) in [6, 6.07) is 8.86. The third-order valence-electron chi connectivity index (χ3n) is 4.37. The summed E-state index contributed by atoms with van der Waals surface area (Å²) in [7, 11) is -3.08. The van der Waals surface area contributed by atoms with E-state index in [1.54, 1.807) is 0 Å². The fraction of sp³-hybridized carbons (Fsp3) is 0.316. The number of nitrogens with one attached hydrogen (secondary N) is 2. The number of hydrogen-bond donors (Lipinski definition) is 2. The zero-order valence-electron chi connectivity index (χ0n) is 14.9. The molecule has 1 aliphatic rings. The molecule has 1 aromatic heterocycles. The number of hydrogen-bond acceptors (Lipinski definition) is 5. The maximum atomic E-state index is 12.3. The van der Waals surface area contributed by atoms with Crippen LogP contribution in [0.2, 0.25) is 0 Å². The smallest absolute Gasteiger partial charge is 0.253 e. The van der Waals surface area contributed by atoms with Crippen LogP contribution in [0.25, 0.3) is 0 Å². The number of aromatic nitrogens is 1. The zero-order valence-corrected chi connectivity index (χ0v) is 15.8. The number of aryl methyl sites for hydroxylation is 1. The highest BCUT2D eigenvalue weighted by molar-refractivity contribution is 7.91. The number of sulfone groups is 1. The Labute approximate surface area is 158 Å². The van der Waals surface area contributed by atoms with Crippen LogP contribution in [0.1, 0.15) is 38.3 Å². The zero-order chi connectivity index (χ0) is 19.4. The molecule has 7 nitrogen and oxygen atoms in total. The Morgan fingerprint density at radius 3 is 2.56 bits per heavy atom. The lowest BCUT2D eigenvalue weighted by molar-refractivity contribution is 0.0940. The lowest BCUT2D eigenvalue weighted by Crippen LogP contribution is -2.35. The monoisotopic (exact) mass is 387 g/mol. The minimum atomic E-state index is -3.08. The first-order valence-corrected chi connectivity index (χ1v) is 10.4. The molecule has 2 N–H and O–H groups in total. The molecular weight excluding hydrogens is 366 g/mol. The molecule has 1 aliphatic heterocycles. The molecule has 1 atom stereocenters. The van der Waals surface area contributed by atoms with Crippen molar-refractivity contribution in [3.05, 3.63) is 65.0 Å². The standard InChI is InChI=1S/C19H21N3O4S/c1-13-3-2-4-14(7-13)9-21-18(23)15-8-16(11-20-10-15)19(24)22-17-5-6-27(25,26)12-17/h2-4,7-8,10-11,17H,5-6,9,12H2,1H3,(H,21,23)(H,22,24). The van der Waals surface area contributed by atoms with Crippen LogP contribution in [-0.2, 0) is 16.4 Å². The van der Waals surface area contributed by atoms with Gasteiger partial charge in [0.2, 0.25) is 0 Å². The van der Waals surface area contributed by atoms with Crippen LogP contribution in [0.4, 0.5) is 0 Å². The SMILES string of the molecule is Cc1cccc(CNC(=O)c2cncc(C(=O)NC3CCS(=O)(=O)C3)c2)c1. The average molecular weight is 387 g/mol. The van der Waals surface area contributed by atoms with E-state index in [1.165, 1.54) is 18.5 Å². The number of amides is 2. The van der Waals surface area contributed by atoms with Gasteiger partial charge in [-0.3, -0.25) is 14.6 Å². The van der Waals surface area contributed by atoms with E-state index in [-0.39, 0.29) is 28.5 Å². The molecular formula is C19H21N3O4S. The Morgan fingerprint density at radius 1 is 1.15 bits per heavy atom. The van der Waals surface area contributed by atoms with Gasteiger partial charge in [-0.25, -0.2) is 8.42 Å². The molecule has 0 spiro atoms. The van der Waals surface area contributed by atoms with Crippen molar-refractivity contribution >= 4 is 21.7 Å². The number of rotatable bonds is 5. The van der Waals surface area contributed by atoms with Crippen molar-refractivity contribution in [2.45, 2.75) is 25.9 Å². The second-order valence-electron chi connectivity index (χ2n) is 6.71. The maximum Gasteiger partial charge on any atom is 0.253 e. The molecule has 0 radical (unpaired) electrons. The quantitative estimate of drug-likeness (QED) is 0.803. The van der Waals surface area contributed by atoms with Gasteiger partial charge in [-0.15, -0.1) is 0 Å². The Balaban J connectivity index is 1.62. The van der Waals surface area contributed by atoms with E-state index in [4.69, 9.17) is 0 Å². The van der Waals surface area contributed by atoms with Crippen LogP contribution in [0.3, 0.4) is 0 Å².